The second-order valence-electron chi connectivity index (χ2n) is 10.4. The van der Waals surface area contributed by atoms with Gasteiger partial charge in [0.05, 0.1) is 17.8 Å². The molecule has 2 fully saturated rings. The highest BCUT2D eigenvalue weighted by molar-refractivity contribution is 6.30. The van der Waals surface area contributed by atoms with Gasteiger partial charge in [-0.2, -0.15) is 13.2 Å². The van der Waals surface area contributed by atoms with Gasteiger partial charge in [-0.15, -0.1) is 24.8 Å². The summed E-state index contributed by atoms with van der Waals surface area (Å²) < 4.78 is 46.1. The predicted molar refractivity (Wildman–Crippen MR) is 154 cm³/mol. The highest BCUT2D eigenvalue weighted by atomic mass is 35.5. The van der Waals surface area contributed by atoms with E-state index in [1.165, 1.54) is 0 Å². The number of halogens is 6. The fraction of sp³-hybridized carbons (Fsp3) is 0.536. The second-order valence-corrected chi connectivity index (χ2v) is 10.8. The van der Waals surface area contributed by atoms with Crippen LogP contribution in [0.15, 0.2) is 42.5 Å². The summed E-state index contributed by atoms with van der Waals surface area (Å²) in [6.45, 7) is 11.1. The second kappa shape index (κ2) is 14.4. The topological polar surface area (TPSA) is 36.0 Å². The molecule has 39 heavy (non-hydrogen) atoms. The summed E-state index contributed by atoms with van der Waals surface area (Å²) in [7, 11) is 0. The number of hydrogen-bond acceptors (Lipinski definition) is 4. The first-order valence-corrected chi connectivity index (χ1v) is 13.2. The van der Waals surface area contributed by atoms with Crippen LogP contribution in [0, 0.1) is 6.92 Å². The summed E-state index contributed by atoms with van der Waals surface area (Å²) >= 11 is 6.06. The standard InChI is InChI=1S/C28H35ClF3N3O2.2ClH/c1-19-12-23(15-24(13-19)28(30,31)32)27(36)35-11-10-33(8-9-34-16-20(2)37-21(3)17-34)18-26(35)14-22-4-6-25(29)7-5-22;;/h4-7,12-13,15,20-21,26H,8-11,14,16-18H2,1-3H3;2*1H/t20-,21+,26?;;. The number of alkyl halides is 3. The molecule has 3 atom stereocenters. The molecule has 11 heteroatoms. The molecule has 2 aromatic carbocycles. The third-order valence-corrected chi connectivity index (χ3v) is 7.34. The van der Waals surface area contributed by atoms with Crippen LogP contribution in [0.3, 0.4) is 0 Å². The molecule has 2 saturated heterocycles. The van der Waals surface area contributed by atoms with E-state index in [0.717, 1.165) is 43.9 Å². The zero-order valence-corrected chi connectivity index (χ0v) is 24.8. The number of carbonyl (C=O) groups excluding carboxylic acids is 1. The maximum absolute atomic E-state index is 13.6. The first-order valence-electron chi connectivity index (χ1n) is 12.8. The Morgan fingerprint density at radius 1 is 0.949 bits per heavy atom. The minimum atomic E-state index is -4.50. The summed E-state index contributed by atoms with van der Waals surface area (Å²) in [6.07, 6.45) is -3.50. The monoisotopic (exact) mass is 609 g/mol. The number of ether oxygens (including phenoxy) is 1. The van der Waals surface area contributed by atoms with Crippen LogP contribution < -0.4 is 0 Å². The number of aryl methyl sites for hydroxylation is 1. The minimum absolute atomic E-state index is 0. The van der Waals surface area contributed by atoms with Crippen LogP contribution in [0.1, 0.15) is 40.9 Å². The molecule has 0 N–H and O–H groups in total. The van der Waals surface area contributed by atoms with Crippen molar-refractivity contribution in [2.45, 2.75) is 51.6 Å². The predicted octanol–water partition coefficient (Wildman–Crippen LogP) is 5.99. The number of benzene rings is 2. The lowest BCUT2D eigenvalue weighted by Gasteiger charge is -2.43. The van der Waals surface area contributed by atoms with Gasteiger partial charge in [-0.3, -0.25) is 14.6 Å². The Hall–Kier alpha value is -1.55. The molecule has 2 aliphatic rings. The van der Waals surface area contributed by atoms with Crippen molar-refractivity contribution in [2.75, 3.05) is 45.8 Å². The zero-order valence-electron chi connectivity index (χ0n) is 22.4. The van der Waals surface area contributed by atoms with Gasteiger partial charge in [0.1, 0.15) is 0 Å². The Bertz CT molecular complexity index is 1080. The van der Waals surface area contributed by atoms with E-state index in [0.29, 0.717) is 36.6 Å². The highest BCUT2D eigenvalue weighted by Crippen LogP contribution is 2.31. The number of amides is 1. The maximum atomic E-state index is 13.6. The fourth-order valence-corrected chi connectivity index (χ4v) is 5.57. The van der Waals surface area contributed by atoms with Crippen LogP contribution in [0.2, 0.25) is 5.02 Å². The van der Waals surface area contributed by atoms with Gasteiger partial charge in [-0.05, 0) is 68.7 Å². The van der Waals surface area contributed by atoms with Crippen molar-refractivity contribution in [2.24, 2.45) is 0 Å². The van der Waals surface area contributed by atoms with Gasteiger partial charge >= 0.3 is 6.18 Å². The molecule has 5 nitrogen and oxygen atoms in total. The van der Waals surface area contributed by atoms with E-state index in [1.807, 2.05) is 24.3 Å². The Morgan fingerprint density at radius 3 is 2.18 bits per heavy atom. The zero-order chi connectivity index (χ0) is 26.7. The molecule has 218 valence electrons. The van der Waals surface area contributed by atoms with Crippen molar-refractivity contribution in [3.8, 4) is 0 Å². The first kappa shape index (κ1) is 33.7. The van der Waals surface area contributed by atoms with Gasteiger partial charge in [0.15, 0.2) is 0 Å². The first-order chi connectivity index (χ1) is 17.5. The molecule has 1 unspecified atom stereocenters. The number of piperazine rings is 1. The lowest BCUT2D eigenvalue weighted by Crippen LogP contribution is -2.57. The summed E-state index contributed by atoms with van der Waals surface area (Å²) in [5, 5.41) is 0.635. The molecule has 0 aliphatic carbocycles. The molecule has 0 spiro atoms. The van der Waals surface area contributed by atoms with Gasteiger partial charge in [0, 0.05) is 62.4 Å². The van der Waals surface area contributed by atoms with Crippen LogP contribution in [0.4, 0.5) is 13.2 Å². The average Bonchev–Trinajstić information content (AvgIpc) is 2.82. The minimum Gasteiger partial charge on any atom is -0.373 e. The molecule has 2 aromatic rings. The van der Waals surface area contributed by atoms with Crippen LogP contribution in [0.5, 0.6) is 0 Å². The fourth-order valence-electron chi connectivity index (χ4n) is 5.44. The Morgan fingerprint density at radius 2 is 1.56 bits per heavy atom. The lowest BCUT2D eigenvalue weighted by molar-refractivity contribution is -0.137. The summed E-state index contributed by atoms with van der Waals surface area (Å²) in [5.41, 5.74) is 0.737. The van der Waals surface area contributed by atoms with E-state index < -0.39 is 11.7 Å². The molecule has 1 amide bonds. The Kier molecular flexibility index (Phi) is 12.4. The summed E-state index contributed by atoms with van der Waals surface area (Å²) in [6, 6.07) is 10.9. The van der Waals surface area contributed by atoms with E-state index in [4.69, 9.17) is 16.3 Å². The third kappa shape index (κ3) is 9.23. The van der Waals surface area contributed by atoms with Gasteiger partial charge in [-0.25, -0.2) is 0 Å². The lowest BCUT2D eigenvalue weighted by atomic mass is 9.99. The van der Waals surface area contributed by atoms with Crippen LogP contribution in [-0.2, 0) is 17.3 Å². The van der Waals surface area contributed by atoms with Gasteiger partial charge in [-0.1, -0.05) is 23.7 Å². The van der Waals surface area contributed by atoms with Crippen molar-refractivity contribution in [1.82, 2.24) is 14.7 Å². The summed E-state index contributed by atoms with van der Waals surface area (Å²) in [4.78, 5) is 20.1. The van der Waals surface area contributed by atoms with Crippen molar-refractivity contribution < 1.29 is 22.7 Å². The maximum Gasteiger partial charge on any atom is 0.416 e. The van der Waals surface area contributed by atoms with Gasteiger partial charge in [0.25, 0.3) is 5.91 Å². The quantitative estimate of drug-likeness (QED) is 0.403. The molecule has 2 heterocycles. The van der Waals surface area contributed by atoms with Crippen LogP contribution in [0.25, 0.3) is 0 Å². The van der Waals surface area contributed by atoms with E-state index in [-0.39, 0.29) is 54.5 Å². The van der Waals surface area contributed by atoms with Gasteiger partial charge < -0.3 is 9.64 Å². The molecule has 0 saturated carbocycles. The van der Waals surface area contributed by atoms with Crippen LogP contribution in [-0.4, -0.2) is 84.7 Å². The summed E-state index contributed by atoms with van der Waals surface area (Å²) in [5.74, 6) is -0.358. The average molecular weight is 611 g/mol. The smallest absolute Gasteiger partial charge is 0.373 e. The largest absolute Gasteiger partial charge is 0.416 e. The molecular weight excluding hydrogens is 574 g/mol. The molecule has 0 bridgehead atoms. The normalized spacial score (nSPS) is 22.6. The highest BCUT2D eigenvalue weighted by Gasteiger charge is 2.35. The van der Waals surface area contributed by atoms with Crippen LogP contribution >= 0.6 is 36.4 Å². The van der Waals surface area contributed by atoms with E-state index in [2.05, 4.69) is 23.6 Å². The Labute approximate surface area is 246 Å². The van der Waals surface area contributed by atoms with Crippen molar-refractivity contribution >= 4 is 42.3 Å². The van der Waals surface area contributed by atoms with Gasteiger partial charge in [0.2, 0.25) is 0 Å². The third-order valence-electron chi connectivity index (χ3n) is 7.09. The van der Waals surface area contributed by atoms with E-state index >= 15 is 0 Å². The molecular formula is C28H37Cl3F3N3O2. The van der Waals surface area contributed by atoms with Crippen molar-refractivity contribution in [3.05, 3.63) is 69.7 Å². The van der Waals surface area contributed by atoms with E-state index in [9.17, 15) is 18.0 Å². The number of nitrogens with zero attached hydrogens (tertiary/aromatic N) is 3. The SMILES string of the molecule is Cc1cc(C(=O)N2CCN(CCN3C[C@@H](C)O[C@@H](C)C3)CC2Cc2ccc(Cl)cc2)cc(C(F)(F)F)c1.Cl.Cl. The number of rotatable bonds is 6. The molecule has 2 aliphatic heterocycles. The van der Waals surface area contributed by atoms with Crippen molar-refractivity contribution in [3.63, 3.8) is 0 Å². The molecule has 0 radical (unpaired) electrons. The van der Waals surface area contributed by atoms with E-state index in [1.54, 1.807) is 17.9 Å². The molecule has 0 aromatic heterocycles. The number of morpholine rings is 1. The Balaban J connectivity index is 0.00000267. The van der Waals surface area contributed by atoms with Crippen molar-refractivity contribution in [1.29, 1.82) is 0 Å². The molecule has 4 rings (SSSR count). The number of carbonyl (C=O) groups is 1. The number of hydrogen-bond donors (Lipinski definition) is 0.